The Hall–Kier alpha value is -8.03. The van der Waals surface area contributed by atoms with Gasteiger partial charge in [0.05, 0.1) is 52.1 Å². The van der Waals surface area contributed by atoms with Gasteiger partial charge in [0.1, 0.15) is 34.7 Å². The van der Waals surface area contributed by atoms with Gasteiger partial charge in [0, 0.05) is 18.2 Å². The van der Waals surface area contributed by atoms with Gasteiger partial charge in [0.15, 0.2) is 17.3 Å². The van der Waals surface area contributed by atoms with E-state index in [1.165, 1.54) is 39.7 Å². The minimum atomic E-state index is -0.778. The van der Waals surface area contributed by atoms with Crippen LogP contribution in [0.3, 0.4) is 0 Å². The lowest BCUT2D eigenvalue weighted by Gasteiger charge is -2.33. The zero-order valence-corrected chi connectivity index (χ0v) is 41.0. The summed E-state index contributed by atoms with van der Waals surface area (Å²) in [4.78, 5) is 68.4. The molecule has 2 aliphatic carbocycles. The van der Waals surface area contributed by atoms with E-state index in [0.717, 1.165) is 75.0 Å². The quantitative estimate of drug-likeness (QED) is 0.0427. The van der Waals surface area contributed by atoms with Crippen LogP contribution in [-0.2, 0) is 24.4 Å². The van der Waals surface area contributed by atoms with E-state index in [9.17, 15) is 29.3 Å². The maximum absolute atomic E-state index is 14.6. The van der Waals surface area contributed by atoms with E-state index in [-0.39, 0.29) is 66.2 Å². The van der Waals surface area contributed by atoms with Gasteiger partial charge in [-0.2, -0.15) is 14.9 Å². The van der Waals surface area contributed by atoms with Crippen LogP contribution in [0.15, 0.2) is 91.0 Å². The third-order valence-corrected chi connectivity index (χ3v) is 13.6. The van der Waals surface area contributed by atoms with Gasteiger partial charge in [-0.1, -0.05) is 74.9 Å². The molecule has 2 atom stereocenters. The number of nitrogens with one attached hydrogen (secondary N) is 4. The summed E-state index contributed by atoms with van der Waals surface area (Å²) in [7, 11) is 4.66. The molecule has 20 nitrogen and oxygen atoms in total. The fourth-order valence-electron chi connectivity index (χ4n) is 9.58. The largest absolute Gasteiger partial charge is 0.497 e. The van der Waals surface area contributed by atoms with Gasteiger partial charge in [-0.05, 0) is 102 Å². The van der Waals surface area contributed by atoms with Crippen molar-refractivity contribution >= 4 is 41.1 Å². The molecule has 3 aromatic heterocycles. The summed E-state index contributed by atoms with van der Waals surface area (Å²) in [5.74, 6) is -0.467. The first-order chi connectivity index (χ1) is 34.9. The highest BCUT2D eigenvalue weighted by molar-refractivity contribution is 6.06. The minimum Gasteiger partial charge on any atom is -0.497 e. The topological polar surface area (TPSA) is 241 Å². The Kier molecular flexibility index (Phi) is 16.3. The Bertz CT molecular complexity index is 2840. The van der Waals surface area contributed by atoms with E-state index >= 15 is 0 Å². The standard InChI is InChI=1S/C52H61N11O9/c1-33(37-11-7-5-8-12-37)53-52(67)48(38-13-9-6-10-14-38)56-51(66)43-28-46(58-61(43)31-35-17-23-40(71-3)24-18-35)54-49(64)42-27-45(57-60(42)30-34-15-21-39(70-2)22-16-34)55-50(65)44-29-47(63(68)69)59-62(44)32-36-19-25-41(72-4)26-20-36/h15-29,33,37-38,48H,5-14,30-32H2,1-4H3,(H,53,67)(H,56,66)(H,54,58,64)(H,55,57,65). The normalized spacial score (nSPS) is 14.9. The lowest BCUT2D eigenvalue weighted by Crippen LogP contribution is -2.54. The summed E-state index contributed by atoms with van der Waals surface area (Å²) < 4.78 is 20.1. The molecule has 2 unspecified atom stereocenters. The van der Waals surface area contributed by atoms with Gasteiger partial charge in [0.2, 0.25) is 5.91 Å². The SMILES string of the molecule is COc1ccc(Cn2nc(NC(=O)c3cc([N+](=O)[O-])nn3Cc3ccc(OC)cc3)cc2C(=O)Nc2cc(C(=O)NC(C(=O)NC(C)C3CCCCC3)C3CCCCC3)n(Cc3ccc(OC)cc3)n2)cc1. The molecule has 2 saturated carbocycles. The maximum atomic E-state index is 14.6. The summed E-state index contributed by atoms with van der Waals surface area (Å²) in [5, 5.41) is 37.1. The predicted octanol–water partition coefficient (Wildman–Crippen LogP) is 7.62. The van der Waals surface area contributed by atoms with E-state index in [4.69, 9.17) is 19.3 Å². The van der Waals surface area contributed by atoms with Gasteiger partial charge >= 0.3 is 5.82 Å². The van der Waals surface area contributed by atoms with Gasteiger partial charge in [0.25, 0.3) is 17.7 Å². The highest BCUT2D eigenvalue weighted by atomic mass is 16.6. The van der Waals surface area contributed by atoms with Crippen molar-refractivity contribution in [1.82, 2.24) is 40.0 Å². The molecule has 0 radical (unpaired) electrons. The molecule has 0 aliphatic heterocycles. The van der Waals surface area contributed by atoms with E-state index < -0.39 is 34.5 Å². The van der Waals surface area contributed by atoms with Crippen LogP contribution in [0.4, 0.5) is 17.5 Å². The third-order valence-electron chi connectivity index (χ3n) is 13.6. The number of amides is 4. The molecule has 2 fully saturated rings. The first-order valence-electron chi connectivity index (χ1n) is 24.4. The zero-order valence-electron chi connectivity index (χ0n) is 41.0. The Morgan fingerprint density at radius 1 is 0.569 bits per heavy atom. The van der Waals surface area contributed by atoms with Crippen molar-refractivity contribution in [2.45, 2.75) is 103 Å². The molecule has 3 heterocycles. The number of nitro groups is 1. The van der Waals surface area contributed by atoms with Gasteiger partial charge < -0.3 is 45.6 Å². The lowest BCUT2D eigenvalue weighted by atomic mass is 9.82. The summed E-state index contributed by atoms with van der Waals surface area (Å²) >= 11 is 0. The number of carbonyl (C=O) groups is 4. The number of aromatic nitrogens is 6. The fraction of sp³-hybridized carbons (Fsp3) is 0.404. The van der Waals surface area contributed by atoms with Crippen LogP contribution in [0.25, 0.3) is 0 Å². The summed E-state index contributed by atoms with van der Waals surface area (Å²) in [6.07, 6.45) is 10.2. The number of ether oxygens (including phenoxy) is 3. The van der Waals surface area contributed by atoms with Crippen LogP contribution >= 0.6 is 0 Å². The molecular formula is C52H61N11O9. The number of rotatable bonds is 20. The van der Waals surface area contributed by atoms with E-state index in [1.807, 2.05) is 12.1 Å². The number of hydrogen-bond donors (Lipinski definition) is 4. The number of nitrogens with zero attached hydrogens (tertiary/aromatic N) is 7. The molecule has 3 aromatic carbocycles. The van der Waals surface area contributed by atoms with E-state index in [1.54, 1.807) is 74.9 Å². The maximum Gasteiger partial charge on any atom is 0.390 e. The Balaban J connectivity index is 1.08. The minimum absolute atomic E-state index is 0.00987. The molecule has 0 saturated heterocycles. The molecule has 4 amide bonds. The van der Waals surface area contributed by atoms with Crippen molar-refractivity contribution in [3.05, 3.63) is 135 Å². The monoisotopic (exact) mass is 983 g/mol. The summed E-state index contributed by atoms with van der Waals surface area (Å²) in [6, 6.07) is 24.5. The van der Waals surface area contributed by atoms with Crippen molar-refractivity contribution < 1.29 is 38.3 Å². The van der Waals surface area contributed by atoms with Crippen molar-refractivity contribution in [1.29, 1.82) is 0 Å². The van der Waals surface area contributed by atoms with Crippen LogP contribution < -0.4 is 35.5 Å². The van der Waals surface area contributed by atoms with Crippen LogP contribution in [-0.4, -0.2) is 91.3 Å². The van der Waals surface area contributed by atoms with Gasteiger partial charge in [-0.15, -0.1) is 0 Å². The molecule has 0 bridgehead atoms. The van der Waals surface area contributed by atoms with Crippen LogP contribution in [0.2, 0.25) is 0 Å². The molecule has 2 aliphatic rings. The molecule has 6 aromatic rings. The molecule has 378 valence electrons. The smallest absolute Gasteiger partial charge is 0.390 e. The summed E-state index contributed by atoms with van der Waals surface area (Å²) in [5.41, 5.74) is 2.24. The molecular weight excluding hydrogens is 923 g/mol. The zero-order chi connectivity index (χ0) is 50.7. The Morgan fingerprint density at radius 3 is 1.38 bits per heavy atom. The first kappa shape index (κ1) is 50.4. The third kappa shape index (κ3) is 12.5. The number of hydrogen-bond acceptors (Lipinski definition) is 12. The highest BCUT2D eigenvalue weighted by Crippen LogP contribution is 2.30. The molecule has 0 spiro atoms. The number of methoxy groups -OCH3 is 3. The second-order valence-corrected chi connectivity index (χ2v) is 18.4. The Morgan fingerprint density at radius 2 is 0.958 bits per heavy atom. The molecule has 4 N–H and O–H groups in total. The van der Waals surface area contributed by atoms with Crippen molar-refractivity contribution in [3.63, 3.8) is 0 Å². The average molecular weight is 984 g/mol. The van der Waals surface area contributed by atoms with Crippen molar-refractivity contribution in [2.24, 2.45) is 11.8 Å². The van der Waals surface area contributed by atoms with Crippen LogP contribution in [0.1, 0.15) is 119 Å². The second-order valence-electron chi connectivity index (χ2n) is 18.4. The van der Waals surface area contributed by atoms with E-state index in [2.05, 4.69) is 38.4 Å². The first-order valence-corrected chi connectivity index (χ1v) is 24.4. The number of carbonyl (C=O) groups excluding carboxylic acids is 4. The second kappa shape index (κ2) is 23.3. The van der Waals surface area contributed by atoms with Crippen LogP contribution in [0.5, 0.6) is 17.2 Å². The van der Waals surface area contributed by atoms with E-state index in [0.29, 0.717) is 28.7 Å². The van der Waals surface area contributed by atoms with Gasteiger partial charge in [-0.3, -0.25) is 28.5 Å². The lowest BCUT2D eigenvalue weighted by molar-refractivity contribution is -0.389. The van der Waals surface area contributed by atoms with Crippen LogP contribution in [0, 0.1) is 22.0 Å². The van der Waals surface area contributed by atoms with Crippen molar-refractivity contribution in [2.75, 3.05) is 32.0 Å². The Labute approximate surface area is 416 Å². The summed E-state index contributed by atoms with van der Waals surface area (Å²) in [6.45, 7) is 2.30. The average Bonchev–Trinajstić information content (AvgIpc) is 4.13. The fourth-order valence-corrected chi connectivity index (χ4v) is 9.58. The highest BCUT2D eigenvalue weighted by Gasteiger charge is 2.34. The number of benzene rings is 3. The predicted molar refractivity (Wildman–Crippen MR) is 268 cm³/mol. The number of anilines is 2. The molecule has 20 heteroatoms. The van der Waals surface area contributed by atoms with Gasteiger partial charge in [-0.25, -0.2) is 0 Å². The van der Waals surface area contributed by atoms with Crippen molar-refractivity contribution in [3.8, 4) is 17.2 Å². The molecule has 72 heavy (non-hydrogen) atoms. The molecule has 8 rings (SSSR count).